The minimum atomic E-state index is -0.0423. The number of nitrogens with zero attached hydrogens (tertiary/aromatic N) is 1. The van der Waals surface area contributed by atoms with Gasteiger partial charge in [0.05, 0.1) is 6.61 Å². The molecule has 1 unspecified atom stereocenters. The Bertz CT molecular complexity index is 238. The van der Waals surface area contributed by atoms with Crippen LogP contribution in [0.3, 0.4) is 0 Å². The molecule has 0 aromatic rings. The van der Waals surface area contributed by atoms with E-state index in [-0.39, 0.29) is 12.1 Å². The summed E-state index contributed by atoms with van der Waals surface area (Å²) in [6, 6.07) is 1.56. The molecule has 1 atom stereocenters. The van der Waals surface area contributed by atoms with Crippen molar-refractivity contribution in [2.24, 2.45) is 0 Å². The quantitative estimate of drug-likeness (QED) is 0.603. The first-order valence-electron chi connectivity index (χ1n) is 7.22. The third kappa shape index (κ3) is 4.57. The Kier molecular flexibility index (Phi) is 4.45. The largest absolute Gasteiger partial charge is 0.394 e. The normalized spacial score (nSPS) is 24.0. The first-order valence-corrected chi connectivity index (χ1v) is 7.22. The van der Waals surface area contributed by atoms with E-state index in [2.05, 4.69) is 24.2 Å². The number of unbranched alkanes of at least 4 members (excludes halogenated alkanes) is 1. The number of hydrogen-bond acceptors (Lipinski definition) is 3. The van der Waals surface area contributed by atoms with Gasteiger partial charge in [-0.25, -0.2) is 0 Å². The Labute approximate surface area is 106 Å². The molecule has 3 heteroatoms. The average molecular weight is 240 g/mol. The van der Waals surface area contributed by atoms with Gasteiger partial charge in [0.15, 0.2) is 0 Å². The van der Waals surface area contributed by atoms with Gasteiger partial charge in [0.2, 0.25) is 0 Å². The molecular formula is C14H28N2O. The van der Waals surface area contributed by atoms with Gasteiger partial charge in [-0.2, -0.15) is 0 Å². The monoisotopic (exact) mass is 240 g/mol. The molecule has 2 aliphatic rings. The fourth-order valence-corrected chi connectivity index (χ4v) is 2.49. The van der Waals surface area contributed by atoms with Crippen molar-refractivity contribution in [3.05, 3.63) is 0 Å². The van der Waals surface area contributed by atoms with Crippen LogP contribution in [0.1, 0.15) is 51.9 Å². The Morgan fingerprint density at radius 3 is 2.47 bits per heavy atom. The van der Waals surface area contributed by atoms with E-state index < -0.39 is 0 Å². The van der Waals surface area contributed by atoms with Crippen molar-refractivity contribution in [2.75, 3.05) is 20.2 Å². The van der Waals surface area contributed by atoms with Crippen molar-refractivity contribution in [3.8, 4) is 0 Å². The van der Waals surface area contributed by atoms with Crippen molar-refractivity contribution in [3.63, 3.8) is 0 Å². The van der Waals surface area contributed by atoms with Gasteiger partial charge in [-0.05, 0) is 59.0 Å². The Hall–Kier alpha value is -0.120. The number of aliphatic hydroxyl groups excluding tert-OH is 1. The third-order valence-corrected chi connectivity index (χ3v) is 4.14. The Morgan fingerprint density at radius 1 is 1.24 bits per heavy atom. The molecule has 0 aromatic heterocycles. The molecular weight excluding hydrogens is 212 g/mol. The zero-order valence-electron chi connectivity index (χ0n) is 11.4. The summed E-state index contributed by atoms with van der Waals surface area (Å²) in [6.07, 6.45) is 8.95. The molecule has 0 aliphatic heterocycles. The summed E-state index contributed by atoms with van der Waals surface area (Å²) < 4.78 is 0. The lowest BCUT2D eigenvalue weighted by Gasteiger charge is -2.29. The smallest absolute Gasteiger partial charge is 0.0610 e. The molecule has 0 heterocycles. The van der Waals surface area contributed by atoms with E-state index >= 15 is 0 Å². The van der Waals surface area contributed by atoms with Crippen LogP contribution in [0.5, 0.6) is 0 Å². The van der Waals surface area contributed by atoms with E-state index in [1.54, 1.807) is 0 Å². The average Bonchev–Trinajstić information content (AvgIpc) is 3.15. The molecule has 0 saturated heterocycles. The maximum Gasteiger partial charge on any atom is 0.0610 e. The summed E-state index contributed by atoms with van der Waals surface area (Å²) in [4.78, 5) is 2.49. The first-order chi connectivity index (χ1) is 8.13. The lowest BCUT2D eigenvalue weighted by molar-refractivity contribution is 0.159. The van der Waals surface area contributed by atoms with Crippen LogP contribution in [-0.2, 0) is 0 Å². The Morgan fingerprint density at radius 2 is 1.94 bits per heavy atom. The van der Waals surface area contributed by atoms with Crippen molar-refractivity contribution in [1.29, 1.82) is 0 Å². The maximum atomic E-state index is 9.50. The first kappa shape index (κ1) is 13.3. The standard InChI is InChI=1S/C14H28N2O/c1-14(11-17,15-12-5-6-12)9-3-4-10-16(2)13-7-8-13/h12-13,15,17H,3-11H2,1-2H3. The summed E-state index contributed by atoms with van der Waals surface area (Å²) in [5.74, 6) is 0. The van der Waals surface area contributed by atoms with Crippen LogP contribution in [0, 0.1) is 0 Å². The van der Waals surface area contributed by atoms with Crippen LogP contribution in [0.25, 0.3) is 0 Å². The lowest BCUT2D eigenvalue weighted by atomic mass is 9.95. The van der Waals surface area contributed by atoms with E-state index in [9.17, 15) is 5.11 Å². The molecule has 3 nitrogen and oxygen atoms in total. The number of hydrogen-bond donors (Lipinski definition) is 2. The van der Waals surface area contributed by atoms with Gasteiger partial charge in [-0.15, -0.1) is 0 Å². The van der Waals surface area contributed by atoms with Crippen molar-refractivity contribution in [2.45, 2.75) is 69.5 Å². The number of rotatable bonds is 9. The SMILES string of the molecule is CN(CCCCC(C)(CO)NC1CC1)C1CC1. The Balaban J connectivity index is 1.57. The summed E-state index contributed by atoms with van der Waals surface area (Å²) in [6.45, 7) is 3.65. The van der Waals surface area contributed by atoms with E-state index in [1.165, 1.54) is 45.1 Å². The van der Waals surface area contributed by atoms with Gasteiger partial charge >= 0.3 is 0 Å². The van der Waals surface area contributed by atoms with Crippen molar-refractivity contribution >= 4 is 0 Å². The summed E-state index contributed by atoms with van der Waals surface area (Å²) >= 11 is 0. The molecule has 2 fully saturated rings. The van der Waals surface area contributed by atoms with Crippen LogP contribution >= 0.6 is 0 Å². The summed E-state index contributed by atoms with van der Waals surface area (Å²) in [7, 11) is 2.24. The van der Waals surface area contributed by atoms with Gasteiger partial charge < -0.3 is 15.3 Å². The van der Waals surface area contributed by atoms with Gasteiger partial charge in [-0.3, -0.25) is 0 Å². The summed E-state index contributed by atoms with van der Waals surface area (Å²) in [5.41, 5.74) is -0.0423. The van der Waals surface area contributed by atoms with Gasteiger partial charge in [0, 0.05) is 17.6 Å². The minimum Gasteiger partial charge on any atom is -0.394 e. The molecule has 2 rings (SSSR count). The second-order valence-corrected chi connectivity index (χ2v) is 6.31. The highest BCUT2D eigenvalue weighted by Gasteiger charge is 2.31. The zero-order chi connectivity index (χ0) is 12.3. The molecule has 0 radical (unpaired) electrons. The topological polar surface area (TPSA) is 35.5 Å². The van der Waals surface area contributed by atoms with Crippen LogP contribution < -0.4 is 5.32 Å². The number of nitrogens with one attached hydrogen (secondary N) is 1. The lowest BCUT2D eigenvalue weighted by Crippen LogP contribution is -2.46. The molecule has 100 valence electrons. The van der Waals surface area contributed by atoms with E-state index in [0.29, 0.717) is 6.04 Å². The predicted octanol–water partition coefficient (Wildman–Crippen LogP) is 1.75. The highest BCUT2D eigenvalue weighted by Crippen LogP contribution is 2.27. The highest BCUT2D eigenvalue weighted by atomic mass is 16.3. The van der Waals surface area contributed by atoms with Crippen LogP contribution in [0.2, 0.25) is 0 Å². The second kappa shape index (κ2) is 5.68. The van der Waals surface area contributed by atoms with E-state index in [4.69, 9.17) is 0 Å². The van der Waals surface area contributed by atoms with Crippen molar-refractivity contribution in [1.82, 2.24) is 10.2 Å². The molecule has 2 aliphatic carbocycles. The van der Waals surface area contributed by atoms with E-state index in [0.717, 1.165) is 12.5 Å². The minimum absolute atomic E-state index is 0.0423. The molecule has 0 bridgehead atoms. The zero-order valence-corrected chi connectivity index (χ0v) is 11.4. The number of aliphatic hydroxyl groups is 1. The fraction of sp³-hybridized carbons (Fsp3) is 1.00. The highest BCUT2D eigenvalue weighted by molar-refractivity contribution is 4.92. The maximum absolute atomic E-state index is 9.50. The van der Waals surface area contributed by atoms with Gasteiger partial charge in [-0.1, -0.05) is 6.42 Å². The van der Waals surface area contributed by atoms with Gasteiger partial charge in [0.1, 0.15) is 0 Å². The van der Waals surface area contributed by atoms with Crippen LogP contribution in [0.4, 0.5) is 0 Å². The van der Waals surface area contributed by atoms with Gasteiger partial charge in [0.25, 0.3) is 0 Å². The molecule has 2 saturated carbocycles. The van der Waals surface area contributed by atoms with Crippen LogP contribution in [-0.4, -0.2) is 47.8 Å². The molecule has 17 heavy (non-hydrogen) atoms. The second-order valence-electron chi connectivity index (χ2n) is 6.31. The third-order valence-electron chi connectivity index (χ3n) is 4.14. The van der Waals surface area contributed by atoms with Crippen molar-refractivity contribution < 1.29 is 5.11 Å². The van der Waals surface area contributed by atoms with E-state index in [1.807, 2.05) is 0 Å². The molecule has 2 N–H and O–H groups in total. The van der Waals surface area contributed by atoms with Crippen LogP contribution in [0.15, 0.2) is 0 Å². The predicted molar refractivity (Wildman–Crippen MR) is 71.2 cm³/mol. The molecule has 0 aromatic carbocycles. The fourth-order valence-electron chi connectivity index (χ4n) is 2.49. The summed E-state index contributed by atoms with van der Waals surface area (Å²) in [5, 5.41) is 13.1. The molecule has 0 amide bonds. The molecule has 0 spiro atoms.